The maximum Gasteiger partial charge on any atom is 0.311 e. The number of nitrogen functional groups attached to an aromatic ring is 1. The van der Waals surface area contributed by atoms with Crippen LogP contribution in [0.3, 0.4) is 0 Å². The van der Waals surface area contributed by atoms with Crippen LogP contribution in [-0.4, -0.2) is 60.1 Å². The van der Waals surface area contributed by atoms with Crippen molar-refractivity contribution < 1.29 is 38.0 Å². The van der Waals surface area contributed by atoms with Crippen molar-refractivity contribution in [1.82, 2.24) is 0 Å². The summed E-state index contributed by atoms with van der Waals surface area (Å²) < 4.78 is 37.3. The van der Waals surface area contributed by atoms with Crippen molar-refractivity contribution in [2.45, 2.75) is 113 Å². The minimum Gasteiger partial charge on any atom is -0.455 e. The second-order valence-corrected chi connectivity index (χ2v) is 14.2. The van der Waals surface area contributed by atoms with E-state index in [0.29, 0.717) is 5.69 Å². The second kappa shape index (κ2) is 11.5. The van der Waals surface area contributed by atoms with Crippen LogP contribution in [0.5, 0.6) is 0 Å². The largest absolute Gasteiger partial charge is 0.455 e. The van der Waals surface area contributed by atoms with Gasteiger partial charge in [0.05, 0.1) is 11.8 Å². The van der Waals surface area contributed by atoms with E-state index in [2.05, 4.69) is 0 Å². The van der Waals surface area contributed by atoms with E-state index in [9.17, 15) is 9.59 Å². The van der Waals surface area contributed by atoms with E-state index in [-0.39, 0.29) is 11.7 Å². The van der Waals surface area contributed by atoms with E-state index in [1.165, 1.54) is 11.8 Å². The van der Waals surface area contributed by atoms with E-state index < -0.39 is 65.6 Å². The Kier molecular flexibility index (Phi) is 8.41. The number of hydrogen-bond acceptors (Lipinski definition) is 10. The van der Waals surface area contributed by atoms with Crippen molar-refractivity contribution in [2.24, 2.45) is 5.41 Å². The summed E-state index contributed by atoms with van der Waals surface area (Å²) >= 11 is 1.50. The van der Waals surface area contributed by atoms with Gasteiger partial charge in [0.15, 0.2) is 23.8 Å². The molecule has 2 aromatic carbocycles. The number of para-hydroxylation sites is 1. The summed E-state index contributed by atoms with van der Waals surface area (Å²) in [4.78, 5) is 27.8. The summed E-state index contributed by atoms with van der Waals surface area (Å²) in [6.45, 7) is 12.5. The first-order valence-electron chi connectivity index (χ1n) is 14.3. The van der Waals surface area contributed by atoms with Gasteiger partial charge in [-0.3, -0.25) is 9.59 Å². The SMILES string of the molecule is CC1(C)O[C@H]2[C@@H]3OC(C)(C)O[C@@H]3[C@@H](OC(=O)C(C)(C)C)[C@H](OC(=O)C[C@@H](Sc3ccccc3N)c3ccccc3)[C@H]2O1. The molecule has 0 spiro atoms. The molecular weight excluding hydrogens is 558 g/mol. The highest BCUT2D eigenvalue weighted by Crippen LogP contribution is 2.47. The molecule has 0 amide bonds. The molecule has 0 bridgehead atoms. The second-order valence-electron chi connectivity index (χ2n) is 13.0. The molecule has 2 heterocycles. The number of hydrogen-bond donors (Lipinski definition) is 1. The van der Waals surface area contributed by atoms with E-state index in [0.717, 1.165) is 10.5 Å². The lowest BCUT2D eigenvalue weighted by atomic mass is 9.84. The first-order chi connectivity index (χ1) is 19.6. The molecule has 228 valence electrons. The van der Waals surface area contributed by atoms with E-state index in [4.69, 9.17) is 34.2 Å². The molecule has 2 saturated heterocycles. The summed E-state index contributed by atoms with van der Waals surface area (Å²) in [5.41, 5.74) is 7.03. The highest BCUT2D eigenvalue weighted by Gasteiger charge is 2.66. The van der Waals surface area contributed by atoms with Crippen molar-refractivity contribution >= 4 is 29.4 Å². The standard InChI is InChI=1S/C32H41NO8S/c1-30(2,3)29(35)37-24-23(25-27(40-31(4,5)38-25)28-26(24)39-32(6,7)41-28)36-22(34)17-21(18-13-9-8-10-14-18)42-20-16-12-11-15-19(20)33/h8-16,21,23-28H,17,33H2,1-7H3/t21-,23+,24+,25-,26-,27-,28-/m1/s1. The number of carbonyl (C=O) groups is 2. The average molecular weight is 600 g/mol. The number of carbonyl (C=O) groups excluding carboxylic acids is 2. The molecule has 10 heteroatoms. The average Bonchev–Trinajstić information content (AvgIpc) is 3.41. The molecule has 2 aliphatic heterocycles. The number of thioether (sulfide) groups is 1. The van der Waals surface area contributed by atoms with Crippen molar-refractivity contribution in [1.29, 1.82) is 0 Å². The van der Waals surface area contributed by atoms with Crippen LogP contribution in [0.1, 0.15) is 65.7 Å². The monoisotopic (exact) mass is 599 g/mol. The summed E-state index contributed by atoms with van der Waals surface area (Å²) in [5.74, 6) is -2.87. The predicted molar refractivity (Wildman–Crippen MR) is 157 cm³/mol. The number of fused-ring (bicyclic) bond motifs is 3. The Hall–Kier alpha value is -2.63. The first kappa shape index (κ1) is 30.8. The number of anilines is 1. The van der Waals surface area contributed by atoms with Gasteiger partial charge in [0.25, 0.3) is 0 Å². The fraction of sp³-hybridized carbons (Fsp3) is 0.562. The molecule has 42 heavy (non-hydrogen) atoms. The Morgan fingerprint density at radius 1 is 0.810 bits per heavy atom. The molecule has 3 fully saturated rings. The number of esters is 2. The molecule has 5 rings (SSSR count). The smallest absolute Gasteiger partial charge is 0.311 e. The van der Waals surface area contributed by atoms with Crippen LogP contribution in [0.15, 0.2) is 59.5 Å². The minimum atomic E-state index is -0.988. The van der Waals surface area contributed by atoms with Crippen molar-refractivity contribution in [3.05, 3.63) is 60.2 Å². The van der Waals surface area contributed by atoms with Crippen molar-refractivity contribution in [2.75, 3.05) is 5.73 Å². The highest BCUT2D eigenvalue weighted by molar-refractivity contribution is 7.99. The fourth-order valence-corrected chi connectivity index (χ4v) is 6.76. The lowest BCUT2D eigenvalue weighted by Gasteiger charge is -2.42. The van der Waals surface area contributed by atoms with Gasteiger partial charge in [0, 0.05) is 15.8 Å². The van der Waals surface area contributed by atoms with E-state index in [1.807, 2.05) is 54.6 Å². The van der Waals surface area contributed by atoms with E-state index >= 15 is 0 Å². The summed E-state index contributed by atoms with van der Waals surface area (Å²) in [7, 11) is 0. The quantitative estimate of drug-likeness (QED) is 0.251. The summed E-state index contributed by atoms with van der Waals surface area (Å²) in [6.07, 6.45) is -4.58. The molecule has 0 aromatic heterocycles. The highest BCUT2D eigenvalue weighted by atomic mass is 32.2. The zero-order valence-electron chi connectivity index (χ0n) is 25.2. The molecule has 1 saturated carbocycles. The van der Waals surface area contributed by atoms with Gasteiger partial charge in [0.2, 0.25) is 0 Å². The molecule has 0 radical (unpaired) electrons. The lowest BCUT2D eigenvalue weighted by molar-refractivity contribution is -0.214. The molecular formula is C32H41NO8S. The third-order valence-electron chi connectivity index (χ3n) is 7.46. The van der Waals surface area contributed by atoms with Gasteiger partial charge in [-0.05, 0) is 66.2 Å². The molecule has 7 atom stereocenters. The Balaban J connectivity index is 1.45. The van der Waals surface area contributed by atoms with Crippen LogP contribution >= 0.6 is 11.8 Å². The number of nitrogens with two attached hydrogens (primary N) is 1. The molecule has 3 aliphatic rings. The first-order valence-corrected chi connectivity index (χ1v) is 15.2. The Labute approximate surface area is 251 Å². The number of rotatable bonds is 7. The molecule has 0 unspecified atom stereocenters. The van der Waals surface area contributed by atoms with Crippen molar-refractivity contribution in [3.63, 3.8) is 0 Å². The van der Waals surface area contributed by atoms with Crippen LogP contribution in [0.25, 0.3) is 0 Å². The summed E-state index contributed by atoms with van der Waals surface area (Å²) in [5, 5.41) is -0.284. The van der Waals surface area contributed by atoms with Gasteiger partial charge in [-0.1, -0.05) is 42.5 Å². The van der Waals surface area contributed by atoms with Crippen LogP contribution in [-0.2, 0) is 38.0 Å². The molecule has 1 aliphatic carbocycles. The van der Waals surface area contributed by atoms with Crippen LogP contribution in [0.2, 0.25) is 0 Å². The maximum absolute atomic E-state index is 13.8. The van der Waals surface area contributed by atoms with Crippen LogP contribution in [0, 0.1) is 5.41 Å². The molecule has 2 N–H and O–H groups in total. The van der Waals surface area contributed by atoms with Gasteiger partial charge in [-0.2, -0.15) is 0 Å². The number of benzene rings is 2. The third kappa shape index (κ3) is 6.63. The maximum atomic E-state index is 13.8. The summed E-state index contributed by atoms with van der Waals surface area (Å²) in [6, 6.07) is 17.3. The predicted octanol–water partition coefficient (Wildman–Crippen LogP) is 5.42. The normalized spacial score (nSPS) is 30.2. The fourth-order valence-electron chi connectivity index (χ4n) is 5.58. The Bertz CT molecular complexity index is 1290. The van der Waals surface area contributed by atoms with Gasteiger partial charge >= 0.3 is 11.9 Å². The van der Waals surface area contributed by atoms with Gasteiger partial charge in [-0.25, -0.2) is 0 Å². The van der Waals surface area contributed by atoms with Crippen LogP contribution < -0.4 is 5.73 Å². The minimum absolute atomic E-state index is 0.0397. The van der Waals surface area contributed by atoms with Crippen molar-refractivity contribution in [3.8, 4) is 0 Å². The number of ether oxygens (including phenoxy) is 6. The Morgan fingerprint density at radius 2 is 1.31 bits per heavy atom. The lowest BCUT2D eigenvalue weighted by Crippen LogP contribution is -2.64. The Morgan fingerprint density at radius 3 is 1.86 bits per heavy atom. The van der Waals surface area contributed by atoms with Gasteiger partial charge in [0.1, 0.15) is 24.4 Å². The molecule has 2 aromatic rings. The van der Waals surface area contributed by atoms with Crippen LogP contribution in [0.4, 0.5) is 5.69 Å². The third-order valence-corrected chi connectivity index (χ3v) is 8.81. The zero-order chi connectivity index (χ0) is 30.4. The molecule has 9 nitrogen and oxygen atoms in total. The van der Waals surface area contributed by atoms with Gasteiger partial charge < -0.3 is 34.2 Å². The van der Waals surface area contributed by atoms with E-state index in [1.54, 1.807) is 48.5 Å². The zero-order valence-corrected chi connectivity index (χ0v) is 26.0. The topological polar surface area (TPSA) is 116 Å². The van der Waals surface area contributed by atoms with Gasteiger partial charge in [-0.15, -0.1) is 11.8 Å².